The summed E-state index contributed by atoms with van der Waals surface area (Å²) in [5, 5.41) is 9.80. The monoisotopic (exact) mass is 209 g/mol. The minimum Gasteiger partial charge on any atom is -0.507 e. The molecule has 0 radical (unpaired) electrons. The Bertz CT molecular complexity index is 342. The normalized spacial score (nSPS) is 13.7. The Morgan fingerprint density at radius 1 is 1.33 bits per heavy atom. The summed E-state index contributed by atoms with van der Waals surface area (Å²) < 4.78 is 5.20. The van der Waals surface area contributed by atoms with Crippen LogP contribution in [0.1, 0.15) is 32.4 Å². The fourth-order valence-electron chi connectivity index (χ4n) is 1.46. The first-order valence-electron chi connectivity index (χ1n) is 4.99. The lowest BCUT2D eigenvalue weighted by Gasteiger charge is -2.29. The van der Waals surface area contributed by atoms with Crippen LogP contribution in [0.2, 0.25) is 0 Å². The van der Waals surface area contributed by atoms with Crippen LogP contribution in [0.4, 0.5) is 0 Å². The molecule has 0 unspecified atom stereocenters. The second-order valence-electron chi connectivity index (χ2n) is 4.74. The molecule has 0 aromatic heterocycles. The van der Waals surface area contributed by atoms with Crippen molar-refractivity contribution >= 4 is 0 Å². The van der Waals surface area contributed by atoms with Crippen molar-refractivity contribution < 1.29 is 9.84 Å². The van der Waals surface area contributed by atoms with Gasteiger partial charge in [0.25, 0.3) is 0 Å². The molecular weight excluding hydrogens is 190 g/mol. The van der Waals surface area contributed by atoms with Crippen molar-refractivity contribution in [3.05, 3.63) is 23.8 Å². The van der Waals surface area contributed by atoms with Gasteiger partial charge < -0.3 is 15.6 Å². The number of aromatic hydroxyl groups is 1. The Balaban J connectivity index is 3.23. The van der Waals surface area contributed by atoms with E-state index in [2.05, 4.69) is 0 Å². The van der Waals surface area contributed by atoms with Crippen molar-refractivity contribution in [1.29, 1.82) is 0 Å². The van der Waals surface area contributed by atoms with Crippen LogP contribution in [0.15, 0.2) is 18.2 Å². The predicted molar refractivity (Wildman–Crippen MR) is 61.0 cm³/mol. The largest absolute Gasteiger partial charge is 0.507 e. The smallest absolute Gasteiger partial charge is 0.127 e. The molecule has 0 aliphatic rings. The molecule has 15 heavy (non-hydrogen) atoms. The van der Waals surface area contributed by atoms with E-state index in [-0.39, 0.29) is 17.2 Å². The van der Waals surface area contributed by atoms with Gasteiger partial charge in [-0.3, -0.25) is 0 Å². The van der Waals surface area contributed by atoms with Crippen molar-refractivity contribution in [3.63, 3.8) is 0 Å². The summed E-state index contributed by atoms with van der Waals surface area (Å²) in [7, 11) is 1.58. The Kier molecular flexibility index (Phi) is 3.25. The lowest BCUT2D eigenvalue weighted by Crippen LogP contribution is -2.26. The molecule has 84 valence electrons. The summed E-state index contributed by atoms with van der Waals surface area (Å²) in [5.74, 6) is 0.828. The van der Waals surface area contributed by atoms with Gasteiger partial charge in [0, 0.05) is 6.04 Å². The highest BCUT2D eigenvalue weighted by molar-refractivity contribution is 5.46. The zero-order valence-corrected chi connectivity index (χ0v) is 9.74. The molecular formula is C12H19NO2. The number of ether oxygens (including phenoxy) is 1. The molecule has 1 atom stereocenters. The molecule has 3 heteroatoms. The van der Waals surface area contributed by atoms with E-state index in [0.717, 1.165) is 0 Å². The third-order valence-electron chi connectivity index (χ3n) is 2.51. The first-order valence-corrected chi connectivity index (χ1v) is 4.99. The van der Waals surface area contributed by atoms with Crippen LogP contribution in [0.5, 0.6) is 11.5 Å². The molecule has 0 saturated heterocycles. The van der Waals surface area contributed by atoms with Crippen molar-refractivity contribution in [2.24, 2.45) is 11.1 Å². The van der Waals surface area contributed by atoms with Gasteiger partial charge in [-0.05, 0) is 17.5 Å². The number of hydrogen-bond donors (Lipinski definition) is 2. The molecule has 0 heterocycles. The van der Waals surface area contributed by atoms with E-state index in [4.69, 9.17) is 10.5 Å². The number of nitrogens with two attached hydrogens (primary N) is 1. The van der Waals surface area contributed by atoms with Crippen LogP contribution in [0.3, 0.4) is 0 Å². The number of phenolic OH excluding ortho intramolecular Hbond substituents is 1. The molecule has 3 N–H and O–H groups in total. The van der Waals surface area contributed by atoms with Crippen molar-refractivity contribution in [2.45, 2.75) is 26.8 Å². The number of methoxy groups -OCH3 is 1. The second kappa shape index (κ2) is 4.11. The van der Waals surface area contributed by atoms with E-state index in [1.54, 1.807) is 25.3 Å². The summed E-state index contributed by atoms with van der Waals surface area (Å²) in [4.78, 5) is 0. The van der Waals surface area contributed by atoms with Gasteiger partial charge in [0.15, 0.2) is 0 Å². The average molecular weight is 209 g/mol. The van der Waals surface area contributed by atoms with E-state index in [1.807, 2.05) is 20.8 Å². The fourth-order valence-corrected chi connectivity index (χ4v) is 1.46. The molecule has 0 amide bonds. The highest BCUT2D eigenvalue weighted by Gasteiger charge is 2.27. The number of hydrogen-bond acceptors (Lipinski definition) is 3. The molecule has 1 rings (SSSR count). The Morgan fingerprint density at radius 2 is 1.93 bits per heavy atom. The summed E-state index contributed by atoms with van der Waals surface area (Å²) >= 11 is 0. The maximum atomic E-state index is 9.80. The molecule has 0 saturated carbocycles. The minimum absolute atomic E-state index is 0.119. The Labute approximate surface area is 90.9 Å². The third kappa shape index (κ3) is 2.42. The van der Waals surface area contributed by atoms with Crippen molar-refractivity contribution in [3.8, 4) is 11.5 Å². The van der Waals surface area contributed by atoms with Gasteiger partial charge >= 0.3 is 0 Å². The lowest BCUT2D eigenvalue weighted by molar-refractivity contribution is 0.304. The highest BCUT2D eigenvalue weighted by Crippen LogP contribution is 2.40. The van der Waals surface area contributed by atoms with Crippen LogP contribution in [-0.2, 0) is 0 Å². The molecule has 0 spiro atoms. The van der Waals surface area contributed by atoms with E-state index in [1.165, 1.54) is 0 Å². The maximum absolute atomic E-state index is 9.80. The van der Waals surface area contributed by atoms with E-state index in [0.29, 0.717) is 11.3 Å². The van der Waals surface area contributed by atoms with Crippen LogP contribution >= 0.6 is 0 Å². The number of rotatable bonds is 2. The molecule has 1 aromatic rings. The van der Waals surface area contributed by atoms with Crippen molar-refractivity contribution in [1.82, 2.24) is 0 Å². The lowest BCUT2D eigenvalue weighted by atomic mass is 9.82. The van der Waals surface area contributed by atoms with E-state index in [9.17, 15) is 5.11 Å². The van der Waals surface area contributed by atoms with Crippen molar-refractivity contribution in [2.75, 3.05) is 7.11 Å². The number of benzene rings is 1. The fraction of sp³-hybridized carbons (Fsp3) is 0.500. The SMILES string of the molecule is COc1cccc(O)c1[C@@H](N)C(C)(C)C. The summed E-state index contributed by atoms with van der Waals surface area (Å²) in [6.07, 6.45) is 0. The zero-order valence-electron chi connectivity index (χ0n) is 9.74. The van der Waals surface area contributed by atoms with E-state index >= 15 is 0 Å². The first kappa shape index (κ1) is 11.9. The predicted octanol–water partition coefficient (Wildman–Crippen LogP) is 2.45. The zero-order chi connectivity index (χ0) is 11.6. The van der Waals surface area contributed by atoms with Crippen LogP contribution in [0.25, 0.3) is 0 Å². The third-order valence-corrected chi connectivity index (χ3v) is 2.51. The quantitative estimate of drug-likeness (QED) is 0.786. The van der Waals surface area contributed by atoms with Crippen LogP contribution in [-0.4, -0.2) is 12.2 Å². The van der Waals surface area contributed by atoms with Gasteiger partial charge in [-0.2, -0.15) is 0 Å². The second-order valence-corrected chi connectivity index (χ2v) is 4.74. The van der Waals surface area contributed by atoms with Gasteiger partial charge in [-0.1, -0.05) is 26.8 Å². The topological polar surface area (TPSA) is 55.5 Å². The Morgan fingerprint density at radius 3 is 2.40 bits per heavy atom. The van der Waals surface area contributed by atoms with Gasteiger partial charge in [0.1, 0.15) is 11.5 Å². The highest BCUT2D eigenvalue weighted by atomic mass is 16.5. The van der Waals surface area contributed by atoms with Crippen LogP contribution < -0.4 is 10.5 Å². The maximum Gasteiger partial charge on any atom is 0.127 e. The van der Waals surface area contributed by atoms with E-state index < -0.39 is 0 Å². The molecule has 3 nitrogen and oxygen atoms in total. The first-order chi connectivity index (χ1) is 6.88. The van der Waals surface area contributed by atoms with Gasteiger partial charge in [-0.25, -0.2) is 0 Å². The molecule has 0 aliphatic carbocycles. The molecule has 0 bridgehead atoms. The minimum atomic E-state index is -0.256. The summed E-state index contributed by atoms with van der Waals surface area (Å²) in [6.45, 7) is 6.09. The number of phenols is 1. The van der Waals surface area contributed by atoms with Gasteiger partial charge in [-0.15, -0.1) is 0 Å². The van der Waals surface area contributed by atoms with Gasteiger partial charge in [0.05, 0.1) is 12.7 Å². The molecule has 0 fully saturated rings. The summed E-state index contributed by atoms with van der Waals surface area (Å²) in [5.41, 5.74) is 6.66. The standard InChI is InChI=1S/C12H19NO2/c1-12(2,3)11(13)10-8(14)6-5-7-9(10)15-4/h5-7,11,14H,13H2,1-4H3/t11-/m1/s1. The van der Waals surface area contributed by atoms with Crippen LogP contribution in [0, 0.1) is 5.41 Å². The average Bonchev–Trinajstić information content (AvgIpc) is 2.15. The Hall–Kier alpha value is -1.22. The summed E-state index contributed by atoms with van der Waals surface area (Å²) in [6, 6.07) is 4.92. The van der Waals surface area contributed by atoms with Gasteiger partial charge in [0.2, 0.25) is 0 Å². The molecule has 0 aliphatic heterocycles. The molecule has 1 aromatic carbocycles.